The van der Waals surface area contributed by atoms with Gasteiger partial charge in [0, 0.05) is 0 Å². The lowest BCUT2D eigenvalue weighted by atomic mass is 9.65. The first-order chi connectivity index (χ1) is 10.8. The third-order valence-corrected chi connectivity index (χ3v) is 9.93. The Morgan fingerprint density at radius 1 is 0.545 bits per heavy atom. The van der Waals surface area contributed by atoms with Crippen LogP contribution in [0.4, 0.5) is 0 Å². The second-order valence-electron chi connectivity index (χ2n) is 8.04. The van der Waals surface area contributed by atoms with Gasteiger partial charge in [-0.25, -0.2) is 0 Å². The van der Waals surface area contributed by atoms with Crippen molar-refractivity contribution in [1.29, 1.82) is 0 Å². The highest BCUT2D eigenvalue weighted by Gasteiger charge is 2.41. The van der Waals surface area contributed by atoms with Gasteiger partial charge in [0.25, 0.3) is 0 Å². The molecule has 0 aromatic rings. The van der Waals surface area contributed by atoms with Crippen LogP contribution in [-0.4, -0.2) is 0 Å². The topological polar surface area (TPSA) is 0 Å². The number of hydrogen-bond donors (Lipinski definition) is 0. The first-order valence-corrected chi connectivity index (χ1v) is 11.7. The first kappa shape index (κ1) is 16.4. The van der Waals surface area contributed by atoms with Gasteiger partial charge in [-0.3, -0.25) is 0 Å². The molecule has 4 bridgehead atoms. The van der Waals surface area contributed by atoms with Crippen LogP contribution in [0.15, 0.2) is 18.3 Å². The smallest absolute Gasteiger partial charge is 0.00646 e. The summed E-state index contributed by atoms with van der Waals surface area (Å²) in [5, 5.41) is 0. The predicted octanol–water partition coefficient (Wildman–Crippen LogP) is 7.57. The quantitative estimate of drug-likeness (QED) is 0.312. The first-order valence-electron chi connectivity index (χ1n) is 9.52. The number of halogens is 2. The van der Waals surface area contributed by atoms with Crippen LogP contribution in [0.1, 0.15) is 77.0 Å². The summed E-state index contributed by atoms with van der Waals surface area (Å²) >= 11 is 5.43. The summed E-state index contributed by atoms with van der Waals surface area (Å²) in [4.78, 5) is 0. The molecule has 0 aromatic carbocycles. The summed E-state index contributed by atoms with van der Waals surface area (Å²) in [7, 11) is 0. The fourth-order valence-corrected chi connectivity index (χ4v) is 7.69. The van der Waals surface area contributed by atoms with Crippen LogP contribution in [0.5, 0.6) is 0 Å². The molecule has 6 rings (SSSR count). The highest BCUT2D eigenvalue weighted by Crippen LogP contribution is 2.56. The summed E-state index contributed by atoms with van der Waals surface area (Å²) in [6.07, 6.45) is 17.7. The van der Waals surface area contributed by atoms with Gasteiger partial charge in [0.1, 0.15) is 0 Å². The predicted molar refractivity (Wildman–Crippen MR) is 111 cm³/mol. The normalized spacial score (nSPS) is 39.5. The van der Waals surface area contributed by atoms with Crippen molar-refractivity contribution in [1.82, 2.24) is 0 Å². The molecule has 6 aliphatic rings. The zero-order chi connectivity index (χ0) is 15.1. The van der Waals surface area contributed by atoms with E-state index in [1.165, 1.54) is 77.0 Å². The molecule has 2 heteroatoms. The summed E-state index contributed by atoms with van der Waals surface area (Å²) < 4.78 is 3.58. The molecule has 6 aliphatic carbocycles. The molecule has 22 heavy (non-hydrogen) atoms. The van der Waals surface area contributed by atoms with E-state index in [2.05, 4.69) is 45.2 Å². The molecule has 2 fully saturated rings. The van der Waals surface area contributed by atoms with E-state index in [-0.39, 0.29) is 0 Å². The lowest BCUT2D eigenvalue weighted by Gasteiger charge is -2.43. The fraction of sp³-hybridized carbons (Fsp3) is 0.800. The molecule has 4 atom stereocenters. The van der Waals surface area contributed by atoms with Crippen LogP contribution in [0.2, 0.25) is 0 Å². The molecule has 0 saturated heterocycles. The average Bonchev–Trinajstić information content (AvgIpc) is 2.77. The van der Waals surface area contributed by atoms with Gasteiger partial charge in [-0.05, 0) is 115 Å². The van der Waals surface area contributed by atoms with E-state index in [1.54, 1.807) is 7.16 Å². The van der Waals surface area contributed by atoms with Gasteiger partial charge in [-0.1, -0.05) is 49.7 Å². The maximum absolute atomic E-state index is 2.71. The van der Waals surface area contributed by atoms with Crippen molar-refractivity contribution in [2.45, 2.75) is 77.0 Å². The van der Waals surface area contributed by atoms with Crippen LogP contribution in [-0.2, 0) is 0 Å². The monoisotopic (exact) mass is 522 g/mol. The summed E-state index contributed by atoms with van der Waals surface area (Å²) in [5.41, 5.74) is 3.80. The highest BCUT2D eigenvalue weighted by atomic mass is 127. The molecule has 0 spiro atoms. The van der Waals surface area contributed by atoms with Crippen LogP contribution in [0.3, 0.4) is 0 Å². The molecular weight excluding hydrogens is 494 g/mol. The zero-order valence-corrected chi connectivity index (χ0v) is 17.9. The largest absolute Gasteiger partial charge is 0.0563 e. The van der Waals surface area contributed by atoms with Gasteiger partial charge in [0.2, 0.25) is 0 Å². The van der Waals surface area contributed by atoms with Gasteiger partial charge in [-0.2, -0.15) is 0 Å². The van der Waals surface area contributed by atoms with E-state index < -0.39 is 0 Å². The van der Waals surface area contributed by atoms with E-state index in [4.69, 9.17) is 0 Å². The van der Waals surface area contributed by atoms with Gasteiger partial charge in [0.05, 0.1) is 0 Å². The second-order valence-corrected chi connectivity index (χ2v) is 10.4. The number of rotatable bonds is 1. The van der Waals surface area contributed by atoms with E-state index >= 15 is 0 Å². The highest BCUT2D eigenvalue weighted by molar-refractivity contribution is 14.1. The lowest BCUT2D eigenvalue weighted by Crippen LogP contribution is -2.30. The van der Waals surface area contributed by atoms with E-state index in [9.17, 15) is 0 Å². The maximum atomic E-state index is 2.71. The Kier molecular flexibility index (Phi) is 5.26. The molecule has 0 aromatic heterocycles. The minimum absolute atomic E-state index is 0.917. The van der Waals surface area contributed by atoms with Crippen molar-refractivity contribution in [2.24, 2.45) is 23.7 Å². The summed E-state index contributed by atoms with van der Waals surface area (Å²) in [6, 6.07) is 0. The van der Waals surface area contributed by atoms with Crippen molar-refractivity contribution in [3.05, 3.63) is 18.3 Å². The Balaban J connectivity index is 1.62. The van der Waals surface area contributed by atoms with Crippen LogP contribution >= 0.6 is 45.2 Å². The standard InChI is InChI=1S/C20H28I2/c21-19-13-7-3-1-5-9-15(17(19)11-13)16-10-6-2-4-8-14-12-18(16)20(14)22/h13-16H,1-12H2. The Bertz CT molecular complexity index is 456. The number of fused-ring (bicyclic) bond motifs is 11. The Labute approximate surface area is 163 Å². The van der Waals surface area contributed by atoms with E-state index in [0.29, 0.717) is 0 Å². The van der Waals surface area contributed by atoms with Crippen molar-refractivity contribution in [3.8, 4) is 0 Å². The van der Waals surface area contributed by atoms with Crippen LogP contribution < -0.4 is 0 Å². The number of allylic oxidation sites excluding steroid dienone is 4. The molecule has 4 unspecified atom stereocenters. The average molecular weight is 522 g/mol. The van der Waals surface area contributed by atoms with Crippen LogP contribution in [0.25, 0.3) is 0 Å². The van der Waals surface area contributed by atoms with Gasteiger partial charge < -0.3 is 0 Å². The Morgan fingerprint density at radius 2 is 0.955 bits per heavy atom. The van der Waals surface area contributed by atoms with Gasteiger partial charge >= 0.3 is 0 Å². The molecule has 0 amide bonds. The summed E-state index contributed by atoms with van der Waals surface area (Å²) in [6.45, 7) is 0. The minimum atomic E-state index is 0.917. The van der Waals surface area contributed by atoms with Crippen molar-refractivity contribution < 1.29 is 0 Å². The molecule has 0 aliphatic heterocycles. The van der Waals surface area contributed by atoms with Crippen molar-refractivity contribution >= 4 is 45.2 Å². The van der Waals surface area contributed by atoms with Crippen LogP contribution in [0, 0.1) is 23.7 Å². The minimum Gasteiger partial charge on any atom is -0.0563 e. The molecule has 0 N–H and O–H groups in total. The summed E-state index contributed by atoms with van der Waals surface area (Å²) in [5.74, 6) is 3.74. The molecule has 2 saturated carbocycles. The van der Waals surface area contributed by atoms with Gasteiger partial charge in [0.15, 0.2) is 0 Å². The maximum Gasteiger partial charge on any atom is -0.00646 e. The third kappa shape index (κ3) is 2.97. The van der Waals surface area contributed by atoms with E-state index in [1.807, 2.05) is 11.1 Å². The van der Waals surface area contributed by atoms with Crippen molar-refractivity contribution in [3.63, 3.8) is 0 Å². The number of hydrogen-bond acceptors (Lipinski definition) is 0. The van der Waals surface area contributed by atoms with Crippen molar-refractivity contribution in [2.75, 3.05) is 0 Å². The van der Waals surface area contributed by atoms with Gasteiger partial charge in [-0.15, -0.1) is 0 Å². The Morgan fingerprint density at radius 3 is 1.36 bits per heavy atom. The fourth-order valence-electron chi connectivity index (χ4n) is 5.38. The van der Waals surface area contributed by atoms with E-state index in [0.717, 1.165) is 23.7 Å². The molecule has 0 heterocycles. The molecular formula is C20H28I2. The molecule has 122 valence electrons. The molecule has 0 nitrogen and oxygen atoms in total. The third-order valence-electron chi connectivity index (χ3n) is 6.78. The molecule has 0 radical (unpaired) electrons. The second kappa shape index (κ2) is 7.05. The lowest BCUT2D eigenvalue weighted by molar-refractivity contribution is 0.321. The zero-order valence-electron chi connectivity index (χ0n) is 13.6. The SMILES string of the molecule is IC1=C2CC1CCCCCC2C1CCCCCC2CC1=C2I. The Hall–Kier alpha value is 0.940.